The van der Waals surface area contributed by atoms with Crippen molar-refractivity contribution < 1.29 is 27.8 Å². The number of nitrogens with one attached hydrogen (secondary N) is 1. The van der Waals surface area contributed by atoms with Crippen LogP contribution >= 0.6 is 0 Å². The van der Waals surface area contributed by atoms with E-state index in [4.69, 9.17) is 14.9 Å². The van der Waals surface area contributed by atoms with E-state index in [0.717, 1.165) is 18.3 Å². The van der Waals surface area contributed by atoms with Gasteiger partial charge in [-0.3, -0.25) is 0 Å². The summed E-state index contributed by atoms with van der Waals surface area (Å²) in [5, 5.41) is 17.1. The molecular weight excluding hydrogens is 311 g/mol. The summed E-state index contributed by atoms with van der Waals surface area (Å²) in [4.78, 5) is 0. The Morgan fingerprint density at radius 2 is 1.83 bits per heavy atom. The van der Waals surface area contributed by atoms with Crippen LogP contribution in [0.1, 0.15) is 16.7 Å². The van der Waals surface area contributed by atoms with E-state index in [1.807, 2.05) is 0 Å². The van der Waals surface area contributed by atoms with Crippen molar-refractivity contribution in [1.29, 1.82) is 5.41 Å². The van der Waals surface area contributed by atoms with E-state index < -0.39 is 11.7 Å². The fourth-order valence-electron chi connectivity index (χ4n) is 1.93. The highest BCUT2D eigenvalue weighted by Gasteiger charge is 2.29. The Hall–Kier alpha value is -2.70. The van der Waals surface area contributed by atoms with Gasteiger partial charge in [0.15, 0.2) is 11.5 Å². The molecule has 4 nitrogen and oxygen atoms in total. The van der Waals surface area contributed by atoms with E-state index in [9.17, 15) is 18.3 Å². The molecule has 0 saturated carbocycles. The Labute approximate surface area is 130 Å². The standard InChI is InChI=1S/C16H14F3NO3/c1-22-14-7-11(8-20)6-13(21)15(14)23-9-10-2-4-12(5-3-10)16(17,18)19/h2-8,20-21H,9H2,1H3. The van der Waals surface area contributed by atoms with Gasteiger partial charge in [0, 0.05) is 6.21 Å². The first-order chi connectivity index (χ1) is 10.8. The van der Waals surface area contributed by atoms with Crippen molar-refractivity contribution in [2.45, 2.75) is 12.8 Å². The summed E-state index contributed by atoms with van der Waals surface area (Å²) in [6.45, 7) is -0.0357. The fourth-order valence-corrected chi connectivity index (χ4v) is 1.93. The molecule has 0 saturated heterocycles. The lowest BCUT2D eigenvalue weighted by molar-refractivity contribution is -0.137. The smallest absolute Gasteiger partial charge is 0.416 e. The predicted octanol–water partition coefficient (Wildman–Crippen LogP) is 4.00. The lowest BCUT2D eigenvalue weighted by atomic mass is 10.1. The number of methoxy groups -OCH3 is 1. The van der Waals surface area contributed by atoms with Gasteiger partial charge in [0.1, 0.15) is 6.61 Å². The van der Waals surface area contributed by atoms with Gasteiger partial charge in [-0.2, -0.15) is 13.2 Å². The molecule has 2 N–H and O–H groups in total. The molecule has 0 aliphatic heterocycles. The molecule has 122 valence electrons. The van der Waals surface area contributed by atoms with E-state index in [0.29, 0.717) is 11.1 Å². The Morgan fingerprint density at radius 1 is 1.17 bits per heavy atom. The molecule has 0 fully saturated rings. The van der Waals surface area contributed by atoms with Crippen molar-refractivity contribution in [3.8, 4) is 17.2 Å². The Bertz CT molecular complexity index is 697. The number of alkyl halides is 3. The first-order valence-corrected chi connectivity index (χ1v) is 6.55. The molecule has 23 heavy (non-hydrogen) atoms. The van der Waals surface area contributed by atoms with Crippen molar-refractivity contribution in [3.63, 3.8) is 0 Å². The molecule has 7 heteroatoms. The van der Waals surface area contributed by atoms with Crippen LogP contribution in [0.5, 0.6) is 17.2 Å². The number of rotatable bonds is 5. The number of hydrogen-bond donors (Lipinski definition) is 2. The number of phenolic OH excluding ortho intramolecular Hbond substituents is 1. The van der Waals surface area contributed by atoms with Gasteiger partial charge in [-0.1, -0.05) is 12.1 Å². The molecule has 0 spiro atoms. The minimum absolute atomic E-state index is 0.0357. The third-order valence-corrected chi connectivity index (χ3v) is 3.11. The average Bonchev–Trinajstić information content (AvgIpc) is 2.52. The molecule has 0 aromatic heterocycles. The maximum atomic E-state index is 12.5. The summed E-state index contributed by atoms with van der Waals surface area (Å²) in [5.74, 6) is 0.0863. The van der Waals surface area contributed by atoms with Gasteiger partial charge in [-0.15, -0.1) is 0 Å². The Kier molecular flexibility index (Phi) is 4.78. The van der Waals surface area contributed by atoms with Crippen LogP contribution < -0.4 is 9.47 Å². The molecular formula is C16H14F3NO3. The van der Waals surface area contributed by atoms with Gasteiger partial charge in [0.05, 0.1) is 12.7 Å². The SMILES string of the molecule is COc1cc(C=N)cc(O)c1OCc1ccc(C(F)(F)F)cc1. The largest absolute Gasteiger partial charge is 0.504 e. The maximum absolute atomic E-state index is 12.5. The maximum Gasteiger partial charge on any atom is 0.416 e. The van der Waals surface area contributed by atoms with Crippen LogP contribution in [0, 0.1) is 5.41 Å². The number of ether oxygens (including phenoxy) is 2. The Morgan fingerprint density at radius 3 is 2.35 bits per heavy atom. The number of halogens is 3. The monoisotopic (exact) mass is 325 g/mol. The van der Waals surface area contributed by atoms with E-state index in [1.54, 1.807) is 0 Å². The summed E-state index contributed by atoms with van der Waals surface area (Å²) >= 11 is 0. The predicted molar refractivity (Wildman–Crippen MR) is 78.3 cm³/mol. The number of aromatic hydroxyl groups is 1. The van der Waals surface area contributed by atoms with Crippen LogP contribution in [-0.2, 0) is 12.8 Å². The zero-order valence-corrected chi connectivity index (χ0v) is 12.1. The van der Waals surface area contributed by atoms with E-state index in [-0.39, 0.29) is 23.9 Å². The van der Waals surface area contributed by atoms with E-state index >= 15 is 0 Å². The lowest BCUT2D eigenvalue weighted by Crippen LogP contribution is -2.05. The molecule has 0 aliphatic rings. The highest BCUT2D eigenvalue weighted by atomic mass is 19.4. The first-order valence-electron chi connectivity index (χ1n) is 6.55. The van der Waals surface area contributed by atoms with Crippen molar-refractivity contribution in [2.24, 2.45) is 0 Å². The molecule has 0 atom stereocenters. The third kappa shape index (κ3) is 3.94. The summed E-state index contributed by atoms with van der Waals surface area (Å²) in [5.41, 5.74) is 0.203. The van der Waals surface area contributed by atoms with Crippen LogP contribution in [0.2, 0.25) is 0 Å². The van der Waals surface area contributed by atoms with Gasteiger partial charge in [0.25, 0.3) is 0 Å². The third-order valence-electron chi connectivity index (χ3n) is 3.11. The molecule has 0 radical (unpaired) electrons. The first kappa shape index (κ1) is 16.7. The van der Waals surface area contributed by atoms with Crippen molar-refractivity contribution in [3.05, 3.63) is 53.1 Å². The second kappa shape index (κ2) is 6.60. The van der Waals surface area contributed by atoms with E-state index in [1.165, 1.54) is 31.4 Å². The van der Waals surface area contributed by atoms with Crippen molar-refractivity contribution in [2.75, 3.05) is 7.11 Å². The van der Waals surface area contributed by atoms with Gasteiger partial charge in [-0.05, 0) is 35.4 Å². The van der Waals surface area contributed by atoms with Gasteiger partial charge >= 0.3 is 6.18 Å². The summed E-state index contributed by atoms with van der Waals surface area (Å²) in [7, 11) is 1.38. The van der Waals surface area contributed by atoms with Gasteiger partial charge in [-0.25, -0.2) is 0 Å². The summed E-state index contributed by atoms with van der Waals surface area (Å²) < 4.78 is 48.0. The summed E-state index contributed by atoms with van der Waals surface area (Å²) in [6, 6.07) is 7.38. The van der Waals surface area contributed by atoms with Crippen LogP contribution in [0.25, 0.3) is 0 Å². The van der Waals surface area contributed by atoms with Gasteiger partial charge < -0.3 is 20.0 Å². The number of phenols is 1. The quantitative estimate of drug-likeness (QED) is 0.817. The average molecular weight is 325 g/mol. The van der Waals surface area contributed by atoms with Crippen molar-refractivity contribution >= 4 is 6.21 Å². The van der Waals surface area contributed by atoms with Gasteiger partial charge in [0.2, 0.25) is 5.75 Å². The minimum atomic E-state index is -4.39. The minimum Gasteiger partial charge on any atom is -0.504 e. The number of benzene rings is 2. The highest BCUT2D eigenvalue weighted by molar-refractivity contribution is 5.80. The lowest BCUT2D eigenvalue weighted by Gasteiger charge is -2.13. The molecule has 0 amide bonds. The molecule has 2 rings (SSSR count). The normalized spacial score (nSPS) is 11.1. The summed E-state index contributed by atoms with van der Waals surface area (Å²) in [6.07, 6.45) is -3.34. The molecule has 0 unspecified atom stereocenters. The highest BCUT2D eigenvalue weighted by Crippen LogP contribution is 2.38. The molecule has 0 aliphatic carbocycles. The van der Waals surface area contributed by atoms with Crippen LogP contribution in [0.4, 0.5) is 13.2 Å². The fraction of sp³-hybridized carbons (Fsp3) is 0.188. The molecule has 2 aromatic carbocycles. The zero-order valence-electron chi connectivity index (χ0n) is 12.1. The number of hydrogen-bond acceptors (Lipinski definition) is 4. The van der Waals surface area contributed by atoms with Crippen LogP contribution in [-0.4, -0.2) is 18.4 Å². The van der Waals surface area contributed by atoms with E-state index in [2.05, 4.69) is 0 Å². The van der Waals surface area contributed by atoms with Crippen molar-refractivity contribution in [1.82, 2.24) is 0 Å². The second-order valence-electron chi connectivity index (χ2n) is 4.70. The zero-order chi connectivity index (χ0) is 17.0. The second-order valence-corrected chi connectivity index (χ2v) is 4.70. The van der Waals surface area contributed by atoms with Crippen LogP contribution in [0.15, 0.2) is 36.4 Å². The Balaban J connectivity index is 2.16. The molecule has 0 heterocycles. The molecule has 0 bridgehead atoms. The topological polar surface area (TPSA) is 62.5 Å². The molecule has 2 aromatic rings. The van der Waals surface area contributed by atoms with Crippen LogP contribution in [0.3, 0.4) is 0 Å².